The fraction of sp³-hybridized carbons (Fsp3) is 0.450. The van der Waals surface area contributed by atoms with Gasteiger partial charge in [0, 0.05) is 50.2 Å². The molecule has 0 radical (unpaired) electrons. The maximum Gasteiger partial charge on any atom is 0.328 e. The number of hydrogen-bond donors (Lipinski definition) is 1. The number of nitrogens with zero attached hydrogens (tertiary/aromatic N) is 4. The van der Waals surface area contributed by atoms with Gasteiger partial charge in [0.1, 0.15) is 0 Å². The summed E-state index contributed by atoms with van der Waals surface area (Å²) in [5.74, 6) is 0. The minimum absolute atomic E-state index is 0.309. The second kappa shape index (κ2) is 8.69. The van der Waals surface area contributed by atoms with E-state index in [1.807, 2.05) is 24.3 Å². The predicted molar refractivity (Wildman–Crippen MR) is 105 cm³/mol. The molecule has 1 saturated heterocycles. The molecule has 2 heterocycles. The van der Waals surface area contributed by atoms with Crippen LogP contribution in [0.3, 0.4) is 0 Å². The van der Waals surface area contributed by atoms with Gasteiger partial charge in [-0.3, -0.25) is 14.7 Å². The van der Waals surface area contributed by atoms with Crippen LogP contribution in [0.4, 0.5) is 5.69 Å². The zero-order chi connectivity index (χ0) is 19.2. The van der Waals surface area contributed by atoms with Crippen molar-refractivity contribution in [2.24, 2.45) is 0 Å². The monoisotopic (exact) mass is 367 g/mol. The lowest BCUT2D eigenvalue weighted by Gasteiger charge is -2.36. The zero-order valence-electron chi connectivity index (χ0n) is 15.6. The first kappa shape index (κ1) is 18.9. The topological polar surface area (TPSA) is 85.1 Å². The number of H-pyrrole nitrogens is 1. The third-order valence-corrected chi connectivity index (χ3v) is 5.05. The number of aryl methyl sites for hydroxylation is 2. The normalized spacial score (nSPS) is 14.9. The van der Waals surface area contributed by atoms with Crippen molar-refractivity contribution in [3.8, 4) is 6.07 Å². The summed E-state index contributed by atoms with van der Waals surface area (Å²) < 4.78 is 1.58. The van der Waals surface area contributed by atoms with E-state index in [-0.39, 0.29) is 11.2 Å². The highest BCUT2D eigenvalue weighted by molar-refractivity contribution is 5.50. The number of rotatable bonds is 6. The van der Waals surface area contributed by atoms with Crippen LogP contribution in [0.5, 0.6) is 0 Å². The van der Waals surface area contributed by atoms with Crippen LogP contribution < -0.4 is 16.1 Å². The first-order valence-corrected chi connectivity index (χ1v) is 9.34. The first-order chi connectivity index (χ1) is 13.1. The Morgan fingerprint density at radius 1 is 1.04 bits per heavy atom. The number of benzene rings is 1. The standard InChI is InChI=1S/C20H25N5O2/c1-16-15-25(20(27)22-19(16)26)9-3-2-8-23-10-12-24(13-11-23)18-6-4-17(14-21)5-7-18/h4-7,15H,2-3,8-13H2,1H3,(H,22,26,27). The molecule has 1 aliphatic heterocycles. The third kappa shape index (κ3) is 4.86. The van der Waals surface area contributed by atoms with Gasteiger partial charge in [-0.1, -0.05) is 0 Å². The Bertz CT molecular complexity index is 915. The van der Waals surface area contributed by atoms with E-state index in [0.29, 0.717) is 17.7 Å². The van der Waals surface area contributed by atoms with Crippen molar-refractivity contribution in [1.82, 2.24) is 14.5 Å². The molecule has 0 amide bonds. The van der Waals surface area contributed by atoms with Crippen molar-refractivity contribution >= 4 is 5.69 Å². The Morgan fingerprint density at radius 2 is 1.70 bits per heavy atom. The number of nitrogens with one attached hydrogen (secondary N) is 1. The summed E-state index contributed by atoms with van der Waals surface area (Å²) in [4.78, 5) is 30.3. The molecular formula is C20H25N5O2. The average molecular weight is 367 g/mol. The number of unbranched alkanes of at least 4 members (excludes halogenated alkanes) is 1. The summed E-state index contributed by atoms with van der Waals surface area (Å²) in [6, 6.07) is 9.90. The Kier molecular flexibility index (Phi) is 6.09. The quantitative estimate of drug-likeness (QED) is 0.779. The number of anilines is 1. The molecule has 27 heavy (non-hydrogen) atoms. The minimum Gasteiger partial charge on any atom is -0.369 e. The molecule has 0 bridgehead atoms. The maximum atomic E-state index is 11.8. The van der Waals surface area contributed by atoms with Crippen molar-refractivity contribution in [1.29, 1.82) is 5.26 Å². The van der Waals surface area contributed by atoms with E-state index in [2.05, 4.69) is 20.9 Å². The highest BCUT2D eigenvalue weighted by Crippen LogP contribution is 2.17. The van der Waals surface area contributed by atoms with Crippen LogP contribution in [0.2, 0.25) is 0 Å². The molecule has 3 rings (SSSR count). The number of hydrogen-bond acceptors (Lipinski definition) is 5. The van der Waals surface area contributed by atoms with Crippen LogP contribution in [0.15, 0.2) is 40.1 Å². The lowest BCUT2D eigenvalue weighted by atomic mass is 10.2. The highest BCUT2D eigenvalue weighted by Gasteiger charge is 2.16. The van der Waals surface area contributed by atoms with E-state index in [0.717, 1.165) is 45.6 Å². The van der Waals surface area contributed by atoms with Gasteiger partial charge in [0.15, 0.2) is 0 Å². The van der Waals surface area contributed by atoms with Gasteiger partial charge in [0.2, 0.25) is 0 Å². The molecule has 1 N–H and O–H groups in total. The molecule has 0 aliphatic carbocycles. The predicted octanol–water partition coefficient (Wildman–Crippen LogP) is 1.32. The molecule has 0 unspecified atom stereocenters. The first-order valence-electron chi connectivity index (χ1n) is 9.34. The Hall–Kier alpha value is -2.85. The SMILES string of the molecule is Cc1cn(CCCCN2CCN(c3ccc(C#N)cc3)CC2)c(=O)[nH]c1=O. The fourth-order valence-corrected chi connectivity index (χ4v) is 3.38. The number of aromatic nitrogens is 2. The third-order valence-electron chi connectivity index (χ3n) is 5.05. The molecule has 7 heteroatoms. The maximum absolute atomic E-state index is 11.8. The molecule has 1 aromatic heterocycles. The Morgan fingerprint density at radius 3 is 2.37 bits per heavy atom. The summed E-state index contributed by atoms with van der Waals surface area (Å²) in [7, 11) is 0. The van der Waals surface area contributed by atoms with E-state index in [1.54, 1.807) is 17.7 Å². The lowest BCUT2D eigenvalue weighted by molar-refractivity contribution is 0.251. The molecule has 0 spiro atoms. The van der Waals surface area contributed by atoms with Crippen molar-refractivity contribution in [2.45, 2.75) is 26.3 Å². The van der Waals surface area contributed by atoms with Crippen LogP contribution in [0, 0.1) is 18.3 Å². The second-order valence-electron chi connectivity index (χ2n) is 6.96. The fourth-order valence-electron chi connectivity index (χ4n) is 3.38. The van der Waals surface area contributed by atoms with Gasteiger partial charge >= 0.3 is 5.69 Å². The van der Waals surface area contributed by atoms with Crippen molar-refractivity contribution < 1.29 is 0 Å². The molecule has 1 aliphatic rings. The summed E-state index contributed by atoms with van der Waals surface area (Å²) in [6.07, 6.45) is 3.56. The van der Waals surface area contributed by atoms with E-state index >= 15 is 0 Å². The number of nitriles is 1. The number of piperazine rings is 1. The van der Waals surface area contributed by atoms with Gasteiger partial charge in [0.25, 0.3) is 5.56 Å². The van der Waals surface area contributed by atoms with Gasteiger partial charge < -0.3 is 9.47 Å². The minimum atomic E-state index is -0.332. The molecule has 0 atom stereocenters. The van der Waals surface area contributed by atoms with E-state index < -0.39 is 0 Å². The van der Waals surface area contributed by atoms with E-state index in [4.69, 9.17) is 5.26 Å². The van der Waals surface area contributed by atoms with Crippen LogP contribution in [-0.4, -0.2) is 47.2 Å². The van der Waals surface area contributed by atoms with Gasteiger partial charge in [-0.15, -0.1) is 0 Å². The number of aromatic amines is 1. The summed E-state index contributed by atoms with van der Waals surface area (Å²) in [5.41, 5.74) is 1.78. The zero-order valence-corrected chi connectivity index (χ0v) is 15.6. The molecule has 1 aromatic carbocycles. The molecule has 0 saturated carbocycles. The van der Waals surface area contributed by atoms with Gasteiger partial charge in [-0.05, 0) is 50.6 Å². The summed E-state index contributed by atoms with van der Waals surface area (Å²) in [5, 5.41) is 8.89. The smallest absolute Gasteiger partial charge is 0.328 e. The second-order valence-corrected chi connectivity index (χ2v) is 6.96. The van der Waals surface area contributed by atoms with Gasteiger partial charge in [-0.25, -0.2) is 4.79 Å². The van der Waals surface area contributed by atoms with E-state index in [1.165, 1.54) is 5.69 Å². The Balaban J connectivity index is 1.41. The van der Waals surface area contributed by atoms with Crippen LogP contribution in [0.1, 0.15) is 24.0 Å². The highest BCUT2D eigenvalue weighted by atomic mass is 16.2. The van der Waals surface area contributed by atoms with Gasteiger partial charge in [-0.2, -0.15) is 5.26 Å². The molecule has 1 fully saturated rings. The molecular weight excluding hydrogens is 342 g/mol. The van der Waals surface area contributed by atoms with Crippen LogP contribution in [0.25, 0.3) is 0 Å². The van der Waals surface area contributed by atoms with Crippen molar-refractivity contribution in [3.63, 3.8) is 0 Å². The Labute approximate surface area is 158 Å². The summed E-state index contributed by atoms with van der Waals surface area (Å²) in [6.45, 7) is 7.33. The molecule has 142 valence electrons. The van der Waals surface area contributed by atoms with Crippen molar-refractivity contribution in [2.75, 3.05) is 37.6 Å². The van der Waals surface area contributed by atoms with Crippen molar-refractivity contribution in [3.05, 3.63) is 62.4 Å². The van der Waals surface area contributed by atoms with Gasteiger partial charge in [0.05, 0.1) is 11.6 Å². The summed E-state index contributed by atoms with van der Waals surface area (Å²) >= 11 is 0. The average Bonchev–Trinajstić information content (AvgIpc) is 2.69. The largest absolute Gasteiger partial charge is 0.369 e. The lowest BCUT2D eigenvalue weighted by Crippen LogP contribution is -2.46. The van der Waals surface area contributed by atoms with Crippen LogP contribution in [-0.2, 0) is 6.54 Å². The molecule has 7 nitrogen and oxygen atoms in total. The van der Waals surface area contributed by atoms with E-state index in [9.17, 15) is 9.59 Å². The van der Waals surface area contributed by atoms with Crippen LogP contribution >= 0.6 is 0 Å². The molecule has 2 aromatic rings.